The van der Waals surface area contributed by atoms with Gasteiger partial charge in [0, 0.05) is 0 Å². The fraction of sp³-hybridized carbons (Fsp3) is 0.857. The Morgan fingerprint density at radius 2 is 2.27 bits per heavy atom. The van der Waals surface area contributed by atoms with E-state index in [9.17, 15) is 4.79 Å². The summed E-state index contributed by atoms with van der Waals surface area (Å²) in [5, 5.41) is 0. The highest BCUT2D eigenvalue weighted by Gasteiger charge is 2.17. The highest BCUT2D eigenvalue weighted by atomic mass is 32.1. The van der Waals surface area contributed by atoms with Crippen molar-refractivity contribution in [3.63, 3.8) is 0 Å². The minimum absolute atomic E-state index is 0.155. The van der Waals surface area contributed by atoms with Gasteiger partial charge in [0.05, 0.1) is 6.04 Å². The van der Waals surface area contributed by atoms with Crippen molar-refractivity contribution in [2.45, 2.75) is 19.4 Å². The third-order valence-electron chi connectivity index (χ3n) is 1.76. The number of primary amides is 1. The Kier molecular flexibility index (Phi) is 5.32. The number of nitrogens with two attached hydrogens (primary N) is 1. The third kappa shape index (κ3) is 3.62. The van der Waals surface area contributed by atoms with Gasteiger partial charge >= 0.3 is 0 Å². The van der Waals surface area contributed by atoms with Crippen LogP contribution in [0.4, 0.5) is 0 Å². The van der Waals surface area contributed by atoms with Gasteiger partial charge in [-0.05, 0) is 25.8 Å². The molecule has 0 spiro atoms. The van der Waals surface area contributed by atoms with Gasteiger partial charge in [0.15, 0.2) is 0 Å². The maximum atomic E-state index is 10.8. The lowest BCUT2D eigenvalue weighted by Crippen LogP contribution is -2.42. The van der Waals surface area contributed by atoms with Crippen molar-refractivity contribution in [1.82, 2.24) is 4.90 Å². The number of rotatable bonds is 5. The third-order valence-corrected chi connectivity index (χ3v) is 2.02. The predicted molar refractivity (Wildman–Crippen MR) is 49.8 cm³/mol. The van der Waals surface area contributed by atoms with E-state index in [2.05, 4.69) is 12.6 Å². The molecule has 0 aromatic carbocycles. The smallest absolute Gasteiger partial charge is 0.234 e. The van der Waals surface area contributed by atoms with Gasteiger partial charge in [0.2, 0.25) is 5.91 Å². The summed E-state index contributed by atoms with van der Waals surface area (Å²) in [5.74, 6) is 0.432. The van der Waals surface area contributed by atoms with Crippen molar-refractivity contribution in [3.05, 3.63) is 0 Å². The van der Waals surface area contributed by atoms with Crippen molar-refractivity contribution in [2.24, 2.45) is 5.73 Å². The SMILES string of the molecule is CCN(C)C(CCS)C(N)=O. The Morgan fingerprint density at radius 1 is 1.73 bits per heavy atom. The average molecular weight is 176 g/mol. The van der Waals surface area contributed by atoms with Crippen LogP contribution in [0.25, 0.3) is 0 Å². The number of carbonyl (C=O) groups is 1. The molecule has 0 fully saturated rings. The zero-order valence-electron chi connectivity index (χ0n) is 7.08. The number of hydrogen-bond donors (Lipinski definition) is 2. The van der Waals surface area contributed by atoms with Crippen LogP contribution in [0, 0.1) is 0 Å². The number of thiol groups is 1. The molecule has 0 radical (unpaired) electrons. The number of amides is 1. The van der Waals surface area contributed by atoms with Crippen molar-refractivity contribution < 1.29 is 4.79 Å². The number of nitrogens with zero attached hydrogens (tertiary/aromatic N) is 1. The summed E-state index contributed by atoms with van der Waals surface area (Å²) in [6, 6.07) is -0.155. The molecule has 0 saturated carbocycles. The summed E-state index contributed by atoms with van der Waals surface area (Å²) in [4.78, 5) is 12.8. The zero-order chi connectivity index (χ0) is 8.85. The van der Waals surface area contributed by atoms with Gasteiger partial charge in [-0.15, -0.1) is 0 Å². The first kappa shape index (κ1) is 10.8. The first-order valence-corrected chi connectivity index (χ1v) is 4.37. The standard InChI is InChI=1S/C7H16N2OS/c1-3-9(2)6(4-5-11)7(8)10/h6,11H,3-5H2,1-2H3,(H2,8,10). The molecule has 0 bridgehead atoms. The Balaban J connectivity index is 3.97. The molecule has 0 saturated heterocycles. The lowest BCUT2D eigenvalue weighted by Gasteiger charge is -2.22. The Morgan fingerprint density at radius 3 is 2.55 bits per heavy atom. The first-order valence-electron chi connectivity index (χ1n) is 3.73. The molecular formula is C7H16N2OS. The van der Waals surface area contributed by atoms with Crippen LogP contribution in [-0.2, 0) is 4.79 Å². The van der Waals surface area contributed by atoms with Gasteiger partial charge in [0.25, 0.3) is 0 Å². The highest BCUT2D eigenvalue weighted by Crippen LogP contribution is 2.01. The molecule has 1 unspecified atom stereocenters. The molecule has 4 heteroatoms. The quantitative estimate of drug-likeness (QED) is 0.584. The molecule has 66 valence electrons. The van der Waals surface area contributed by atoms with Crippen LogP contribution in [0.15, 0.2) is 0 Å². The summed E-state index contributed by atoms with van der Waals surface area (Å²) in [7, 11) is 1.89. The lowest BCUT2D eigenvalue weighted by molar-refractivity contribution is -0.122. The van der Waals surface area contributed by atoms with Crippen LogP contribution >= 0.6 is 12.6 Å². The van der Waals surface area contributed by atoms with Gasteiger partial charge < -0.3 is 5.73 Å². The minimum Gasteiger partial charge on any atom is -0.368 e. The molecule has 2 N–H and O–H groups in total. The molecule has 11 heavy (non-hydrogen) atoms. The summed E-state index contributed by atoms with van der Waals surface area (Å²) >= 11 is 4.05. The predicted octanol–water partition coefficient (Wildman–Crippen LogP) is 0.112. The highest BCUT2D eigenvalue weighted by molar-refractivity contribution is 7.80. The lowest BCUT2D eigenvalue weighted by atomic mass is 10.2. The van der Waals surface area contributed by atoms with E-state index in [0.29, 0.717) is 5.75 Å². The Bertz CT molecular complexity index is 130. The average Bonchev–Trinajstić information content (AvgIpc) is 1.98. The number of carbonyl (C=O) groups excluding carboxylic acids is 1. The molecule has 0 aliphatic carbocycles. The fourth-order valence-electron chi connectivity index (χ4n) is 0.923. The minimum atomic E-state index is -0.261. The van der Waals surface area contributed by atoms with E-state index in [1.165, 1.54) is 0 Å². The van der Waals surface area contributed by atoms with Crippen LogP contribution in [0.2, 0.25) is 0 Å². The van der Waals surface area contributed by atoms with Crippen molar-refractivity contribution in [2.75, 3.05) is 19.3 Å². The number of hydrogen-bond acceptors (Lipinski definition) is 3. The molecule has 0 aromatic heterocycles. The Hall–Kier alpha value is -0.220. The topological polar surface area (TPSA) is 46.3 Å². The van der Waals surface area contributed by atoms with E-state index in [-0.39, 0.29) is 11.9 Å². The Labute approximate surface area is 73.3 Å². The maximum absolute atomic E-state index is 10.8. The fourth-order valence-corrected chi connectivity index (χ4v) is 1.17. The molecule has 3 nitrogen and oxygen atoms in total. The van der Waals surface area contributed by atoms with E-state index in [0.717, 1.165) is 13.0 Å². The molecule has 0 aliphatic heterocycles. The number of likely N-dealkylation sites (N-methyl/N-ethyl adjacent to an activating group) is 1. The van der Waals surface area contributed by atoms with E-state index >= 15 is 0 Å². The van der Waals surface area contributed by atoms with Crippen LogP contribution in [0.1, 0.15) is 13.3 Å². The molecular weight excluding hydrogens is 160 g/mol. The van der Waals surface area contributed by atoms with Gasteiger partial charge in [-0.1, -0.05) is 6.92 Å². The van der Waals surface area contributed by atoms with E-state index < -0.39 is 0 Å². The second kappa shape index (κ2) is 5.43. The molecule has 0 aliphatic rings. The summed E-state index contributed by atoms with van der Waals surface area (Å²) in [6.07, 6.45) is 0.725. The summed E-state index contributed by atoms with van der Waals surface area (Å²) in [5.41, 5.74) is 5.18. The molecule has 1 amide bonds. The van der Waals surface area contributed by atoms with Crippen LogP contribution in [-0.4, -0.2) is 36.2 Å². The van der Waals surface area contributed by atoms with Crippen molar-refractivity contribution in [1.29, 1.82) is 0 Å². The summed E-state index contributed by atoms with van der Waals surface area (Å²) < 4.78 is 0. The molecule has 1 atom stereocenters. The van der Waals surface area contributed by atoms with Crippen LogP contribution < -0.4 is 5.73 Å². The van der Waals surface area contributed by atoms with Gasteiger partial charge in [-0.3, -0.25) is 9.69 Å². The second-order valence-corrected chi connectivity index (χ2v) is 2.95. The van der Waals surface area contributed by atoms with Crippen LogP contribution in [0.3, 0.4) is 0 Å². The van der Waals surface area contributed by atoms with Crippen LogP contribution in [0.5, 0.6) is 0 Å². The maximum Gasteiger partial charge on any atom is 0.234 e. The molecule has 0 aromatic rings. The van der Waals surface area contributed by atoms with Crippen molar-refractivity contribution in [3.8, 4) is 0 Å². The van der Waals surface area contributed by atoms with Gasteiger partial charge in [0.1, 0.15) is 0 Å². The zero-order valence-corrected chi connectivity index (χ0v) is 7.97. The van der Waals surface area contributed by atoms with E-state index in [1.54, 1.807) is 0 Å². The monoisotopic (exact) mass is 176 g/mol. The van der Waals surface area contributed by atoms with E-state index in [1.807, 2.05) is 18.9 Å². The summed E-state index contributed by atoms with van der Waals surface area (Å²) in [6.45, 7) is 2.83. The van der Waals surface area contributed by atoms with Crippen molar-refractivity contribution >= 4 is 18.5 Å². The first-order chi connectivity index (χ1) is 5.13. The molecule has 0 heterocycles. The normalized spacial score (nSPS) is 13.5. The largest absolute Gasteiger partial charge is 0.368 e. The van der Waals surface area contributed by atoms with Gasteiger partial charge in [-0.25, -0.2) is 0 Å². The van der Waals surface area contributed by atoms with Gasteiger partial charge in [-0.2, -0.15) is 12.6 Å². The van der Waals surface area contributed by atoms with E-state index in [4.69, 9.17) is 5.73 Å². The molecule has 0 rings (SSSR count). The second-order valence-electron chi connectivity index (χ2n) is 2.50.